The molecule has 0 bridgehead atoms. The van der Waals surface area contributed by atoms with Gasteiger partial charge in [0.15, 0.2) is 17.3 Å². The number of aromatic hydroxyl groups is 4. The average molecular weight is 563 g/mol. The number of carbonyl (C=O) groups is 3. The van der Waals surface area contributed by atoms with Crippen LogP contribution in [0.1, 0.15) is 19.3 Å². The summed E-state index contributed by atoms with van der Waals surface area (Å²) in [6.07, 6.45) is 1.27. The minimum Gasteiger partial charge on any atom is -0.508 e. The zero-order valence-corrected chi connectivity index (χ0v) is 21.4. The highest BCUT2D eigenvalue weighted by atomic mass is 32.2. The smallest absolute Gasteiger partial charge is 0.334 e. The third-order valence-corrected chi connectivity index (χ3v) is 6.22. The fraction of sp³-hybridized carbons (Fsp3) is 0.280. The lowest BCUT2D eigenvalue weighted by Gasteiger charge is -2.20. The molecule has 1 amide bonds. The van der Waals surface area contributed by atoms with Gasteiger partial charge in [-0.2, -0.15) is 11.8 Å². The lowest BCUT2D eigenvalue weighted by molar-refractivity contribution is -0.140. The number of amides is 1. The normalized spacial score (nSPS) is 12.6. The number of carboxylic acids is 1. The van der Waals surface area contributed by atoms with Crippen LogP contribution in [0.4, 0.5) is 0 Å². The van der Waals surface area contributed by atoms with Crippen molar-refractivity contribution >= 4 is 40.6 Å². The number of rotatable bonds is 11. The first-order chi connectivity index (χ1) is 18.4. The molecular weight excluding hydrogens is 536 g/mol. The molecule has 3 aromatic rings. The molecule has 8 N–H and O–H groups in total. The van der Waals surface area contributed by atoms with Crippen molar-refractivity contribution in [2.45, 2.75) is 31.3 Å². The molecule has 0 aliphatic rings. The molecule has 0 fully saturated rings. The van der Waals surface area contributed by atoms with Crippen LogP contribution in [0.2, 0.25) is 0 Å². The number of carbonyl (C=O) groups excluding carboxylic acids is 2. The van der Waals surface area contributed by atoms with Gasteiger partial charge in [0.1, 0.15) is 28.5 Å². The van der Waals surface area contributed by atoms with Gasteiger partial charge in [0.05, 0.1) is 6.04 Å². The maximum absolute atomic E-state index is 13.4. The summed E-state index contributed by atoms with van der Waals surface area (Å²) in [4.78, 5) is 49.9. The van der Waals surface area contributed by atoms with Crippen molar-refractivity contribution in [3.8, 4) is 40.1 Å². The van der Waals surface area contributed by atoms with Gasteiger partial charge < -0.3 is 45.7 Å². The first-order valence-corrected chi connectivity index (χ1v) is 12.9. The topological polar surface area (TPSA) is 230 Å². The number of phenolic OH excluding ortho intramolecular Hbond substituents is 4. The maximum atomic E-state index is 13.4. The monoisotopic (exact) mass is 562 g/mol. The van der Waals surface area contributed by atoms with Crippen molar-refractivity contribution in [3.63, 3.8) is 0 Å². The van der Waals surface area contributed by atoms with E-state index in [9.17, 15) is 39.6 Å². The van der Waals surface area contributed by atoms with Crippen LogP contribution in [0.15, 0.2) is 39.5 Å². The number of carboxylic acid groups (broad SMARTS) is 1. The minimum atomic E-state index is -1.30. The number of aliphatic carboxylic acids is 1. The molecule has 0 saturated heterocycles. The number of nitrogens with one attached hydrogen (secondary N) is 1. The van der Waals surface area contributed by atoms with Crippen LogP contribution in [0.3, 0.4) is 0 Å². The van der Waals surface area contributed by atoms with E-state index in [4.69, 9.17) is 20.0 Å². The Morgan fingerprint density at radius 2 is 1.77 bits per heavy atom. The molecule has 2 atom stereocenters. The Kier molecular flexibility index (Phi) is 9.27. The van der Waals surface area contributed by atoms with Gasteiger partial charge in [-0.1, -0.05) is 0 Å². The van der Waals surface area contributed by atoms with E-state index in [1.807, 2.05) is 0 Å². The molecular formula is C25H26N2O11S. The Morgan fingerprint density at radius 3 is 2.41 bits per heavy atom. The molecule has 0 unspecified atom stereocenters. The lowest BCUT2D eigenvalue weighted by Crippen LogP contribution is -2.50. The van der Waals surface area contributed by atoms with Gasteiger partial charge in [0, 0.05) is 24.1 Å². The Labute approximate surface area is 224 Å². The Hall–Kier alpha value is -4.43. The highest BCUT2D eigenvalue weighted by molar-refractivity contribution is 7.98. The molecule has 1 heterocycles. The number of benzene rings is 2. The molecule has 0 spiro atoms. The van der Waals surface area contributed by atoms with Crippen LogP contribution in [-0.4, -0.2) is 67.5 Å². The first kappa shape index (κ1) is 29.1. The molecule has 2 aromatic carbocycles. The highest BCUT2D eigenvalue weighted by Gasteiger charge is 2.29. The van der Waals surface area contributed by atoms with E-state index in [2.05, 4.69) is 5.32 Å². The van der Waals surface area contributed by atoms with Crippen LogP contribution >= 0.6 is 11.8 Å². The van der Waals surface area contributed by atoms with E-state index < -0.39 is 69.5 Å². The van der Waals surface area contributed by atoms with Gasteiger partial charge in [-0.15, -0.1) is 0 Å². The molecule has 0 radical (unpaired) electrons. The van der Waals surface area contributed by atoms with Crippen molar-refractivity contribution in [2.24, 2.45) is 5.73 Å². The summed E-state index contributed by atoms with van der Waals surface area (Å²) in [5.74, 6) is -5.87. The Morgan fingerprint density at radius 1 is 1.05 bits per heavy atom. The van der Waals surface area contributed by atoms with Gasteiger partial charge in [0.2, 0.25) is 17.1 Å². The quantitative estimate of drug-likeness (QED) is 0.130. The molecule has 14 heteroatoms. The number of ether oxygens (including phenoxy) is 1. The van der Waals surface area contributed by atoms with Gasteiger partial charge in [-0.25, -0.2) is 4.79 Å². The zero-order chi connectivity index (χ0) is 28.9. The molecule has 3 rings (SSSR count). The zero-order valence-electron chi connectivity index (χ0n) is 20.5. The average Bonchev–Trinajstić information content (AvgIpc) is 2.87. The number of hydrogen-bond donors (Lipinski definition) is 7. The minimum absolute atomic E-state index is 0.00433. The fourth-order valence-corrected chi connectivity index (χ4v) is 4.03. The maximum Gasteiger partial charge on any atom is 0.334 e. The van der Waals surface area contributed by atoms with Crippen LogP contribution in [-0.2, 0) is 14.4 Å². The Balaban J connectivity index is 2.05. The summed E-state index contributed by atoms with van der Waals surface area (Å²) in [5, 5.41) is 50.6. The number of esters is 1. The Bertz CT molecular complexity index is 1470. The summed E-state index contributed by atoms with van der Waals surface area (Å²) >= 11 is 1.36. The summed E-state index contributed by atoms with van der Waals surface area (Å²) in [6, 6.07) is 2.80. The predicted molar refractivity (Wildman–Crippen MR) is 140 cm³/mol. The second-order valence-electron chi connectivity index (χ2n) is 8.43. The lowest BCUT2D eigenvalue weighted by atomic mass is 10.1. The molecule has 13 nitrogen and oxygen atoms in total. The van der Waals surface area contributed by atoms with E-state index in [1.165, 1.54) is 17.8 Å². The standard InChI is InChI=1S/C25H26N2O11S/c1-39-7-6-14(27-24(35)13(26)3-5-19(32)33)25(36)38-23-21(34)20-17(31)9-12(28)10-18(20)37-22(23)11-2-4-15(29)16(30)8-11/h2,4,8-10,13-14,28-31H,3,5-7,26H2,1H3,(H,27,35)(H,32,33)/t13-,14-/m0/s1. The van der Waals surface area contributed by atoms with E-state index in [1.54, 1.807) is 6.26 Å². The van der Waals surface area contributed by atoms with Crippen LogP contribution in [0.25, 0.3) is 22.3 Å². The second kappa shape index (κ2) is 12.4. The molecule has 0 aliphatic heterocycles. The van der Waals surface area contributed by atoms with E-state index >= 15 is 0 Å². The van der Waals surface area contributed by atoms with E-state index in [-0.39, 0.29) is 36.2 Å². The number of hydrogen-bond acceptors (Lipinski definition) is 12. The molecule has 39 heavy (non-hydrogen) atoms. The van der Waals surface area contributed by atoms with Crippen LogP contribution in [0, 0.1) is 0 Å². The second-order valence-corrected chi connectivity index (χ2v) is 9.42. The number of thioether (sulfide) groups is 1. The molecule has 208 valence electrons. The van der Waals surface area contributed by atoms with Gasteiger partial charge in [0.25, 0.3) is 0 Å². The number of phenols is 4. The SMILES string of the molecule is CSCC[C@H](NC(=O)[C@@H](N)CCC(=O)O)C(=O)Oc1c(-c2ccc(O)c(O)c2)oc2cc(O)cc(O)c2c1=O. The van der Waals surface area contributed by atoms with Crippen molar-refractivity contribution < 1.29 is 49.1 Å². The van der Waals surface area contributed by atoms with Gasteiger partial charge >= 0.3 is 11.9 Å². The molecule has 1 aromatic heterocycles. The largest absolute Gasteiger partial charge is 0.508 e. The number of fused-ring (bicyclic) bond motifs is 1. The summed E-state index contributed by atoms with van der Waals surface area (Å²) in [7, 11) is 0. The van der Waals surface area contributed by atoms with Crippen LogP contribution in [0.5, 0.6) is 28.7 Å². The number of nitrogens with two attached hydrogens (primary N) is 1. The third kappa shape index (κ3) is 6.91. The van der Waals surface area contributed by atoms with E-state index in [0.717, 1.165) is 24.3 Å². The van der Waals surface area contributed by atoms with Crippen molar-refractivity contribution in [3.05, 3.63) is 40.6 Å². The third-order valence-electron chi connectivity index (χ3n) is 5.58. The van der Waals surface area contributed by atoms with Crippen molar-refractivity contribution in [1.82, 2.24) is 5.32 Å². The fourth-order valence-electron chi connectivity index (χ4n) is 3.56. The summed E-state index contributed by atoms with van der Waals surface area (Å²) in [6.45, 7) is 0. The molecule has 0 aliphatic carbocycles. The van der Waals surface area contributed by atoms with Gasteiger partial charge in [-0.3, -0.25) is 14.4 Å². The molecule has 0 saturated carbocycles. The summed E-state index contributed by atoms with van der Waals surface area (Å²) in [5.41, 5.74) is 4.47. The first-order valence-electron chi connectivity index (χ1n) is 11.5. The van der Waals surface area contributed by atoms with Crippen molar-refractivity contribution in [1.29, 1.82) is 0 Å². The highest BCUT2D eigenvalue weighted by Crippen LogP contribution is 2.38. The predicted octanol–water partition coefficient (Wildman–Crippen LogP) is 1.62. The summed E-state index contributed by atoms with van der Waals surface area (Å²) < 4.78 is 11.1. The van der Waals surface area contributed by atoms with Crippen LogP contribution < -0.4 is 21.2 Å². The van der Waals surface area contributed by atoms with Crippen molar-refractivity contribution in [2.75, 3.05) is 12.0 Å². The van der Waals surface area contributed by atoms with Gasteiger partial charge in [-0.05, 0) is 43.0 Å². The van der Waals surface area contributed by atoms with E-state index in [0.29, 0.717) is 5.75 Å².